The van der Waals surface area contributed by atoms with Gasteiger partial charge in [0.1, 0.15) is 18.0 Å². The van der Waals surface area contributed by atoms with Crippen molar-refractivity contribution >= 4 is 5.82 Å². The predicted molar refractivity (Wildman–Crippen MR) is 124 cm³/mol. The fourth-order valence-electron chi connectivity index (χ4n) is 6.38. The van der Waals surface area contributed by atoms with Crippen molar-refractivity contribution in [2.45, 2.75) is 57.9 Å². The summed E-state index contributed by atoms with van der Waals surface area (Å²) in [5.74, 6) is 2.99. The molecule has 2 bridgehead atoms. The van der Waals surface area contributed by atoms with Gasteiger partial charge in [-0.25, -0.2) is 28.4 Å². The molecule has 0 N–H and O–H groups in total. The average molecular weight is 465 g/mol. The van der Waals surface area contributed by atoms with Crippen LogP contribution in [-0.2, 0) is 13.0 Å². The Balaban J connectivity index is 1.22. The van der Waals surface area contributed by atoms with Crippen LogP contribution in [0.4, 0.5) is 14.6 Å². The quantitative estimate of drug-likeness (QED) is 0.561. The van der Waals surface area contributed by atoms with Crippen LogP contribution in [-0.4, -0.2) is 37.8 Å². The maximum Gasteiger partial charge on any atom is 0.159 e. The number of hydrogen-bond donors (Lipinski definition) is 0. The molecule has 4 atom stereocenters. The molecule has 4 heterocycles. The van der Waals surface area contributed by atoms with Gasteiger partial charge in [0.05, 0.1) is 0 Å². The van der Waals surface area contributed by atoms with Crippen molar-refractivity contribution in [1.29, 1.82) is 0 Å². The van der Waals surface area contributed by atoms with Gasteiger partial charge in [0.2, 0.25) is 0 Å². The molecule has 1 aromatic carbocycles. The fraction of sp³-hybridized carbons (Fsp3) is 0.538. The minimum absolute atomic E-state index is 0.0431. The Hall–Kier alpha value is -2.90. The fourth-order valence-corrected chi connectivity index (χ4v) is 6.38. The van der Waals surface area contributed by atoms with E-state index in [9.17, 15) is 8.78 Å². The van der Waals surface area contributed by atoms with E-state index in [1.165, 1.54) is 25.0 Å². The van der Waals surface area contributed by atoms with Gasteiger partial charge in [-0.1, -0.05) is 12.5 Å². The van der Waals surface area contributed by atoms with Crippen molar-refractivity contribution < 1.29 is 8.78 Å². The second kappa shape index (κ2) is 8.71. The van der Waals surface area contributed by atoms with Crippen LogP contribution in [0.1, 0.15) is 60.9 Å². The Morgan fingerprint density at radius 2 is 1.79 bits per heavy atom. The maximum atomic E-state index is 14.0. The maximum absolute atomic E-state index is 14.0. The number of benzene rings is 1. The zero-order valence-corrected chi connectivity index (χ0v) is 19.5. The van der Waals surface area contributed by atoms with Crippen molar-refractivity contribution in [3.63, 3.8) is 0 Å². The highest BCUT2D eigenvalue weighted by Crippen LogP contribution is 2.44. The number of aryl methyl sites for hydroxylation is 2. The average Bonchev–Trinajstić information content (AvgIpc) is 3.23. The third-order valence-electron chi connectivity index (χ3n) is 8.08. The number of aromatic nitrogens is 5. The Bertz CT molecular complexity index is 1180. The van der Waals surface area contributed by atoms with E-state index in [-0.39, 0.29) is 5.92 Å². The summed E-state index contributed by atoms with van der Waals surface area (Å²) in [6.07, 6.45) is 7.95. The number of hydrogen-bond acceptors (Lipinski definition) is 5. The first-order valence-corrected chi connectivity index (χ1v) is 12.5. The Morgan fingerprint density at radius 3 is 2.56 bits per heavy atom. The van der Waals surface area contributed by atoms with Crippen LogP contribution in [0.2, 0.25) is 0 Å². The van der Waals surface area contributed by atoms with Crippen LogP contribution < -0.4 is 4.90 Å². The van der Waals surface area contributed by atoms with Crippen molar-refractivity contribution in [1.82, 2.24) is 24.7 Å². The van der Waals surface area contributed by atoms with E-state index in [1.807, 2.05) is 11.6 Å². The summed E-state index contributed by atoms with van der Waals surface area (Å²) in [6, 6.07) is 6.32. The molecule has 1 aliphatic carbocycles. The zero-order chi connectivity index (χ0) is 23.2. The number of halogens is 2. The molecule has 1 saturated heterocycles. The van der Waals surface area contributed by atoms with Crippen molar-refractivity contribution in [2.75, 3.05) is 18.0 Å². The first kappa shape index (κ1) is 21.6. The third-order valence-corrected chi connectivity index (χ3v) is 8.08. The number of nitrogens with zero attached hydrogens (tertiary/aromatic N) is 6. The molecule has 0 amide bonds. The van der Waals surface area contributed by atoms with Crippen LogP contribution in [0, 0.1) is 36.3 Å². The highest BCUT2D eigenvalue weighted by Gasteiger charge is 2.43. The lowest BCUT2D eigenvalue weighted by atomic mass is 9.82. The molecule has 8 heteroatoms. The summed E-state index contributed by atoms with van der Waals surface area (Å²) in [6.45, 7) is 4.88. The van der Waals surface area contributed by atoms with Gasteiger partial charge in [-0.3, -0.25) is 0 Å². The van der Waals surface area contributed by atoms with E-state index in [0.717, 1.165) is 74.0 Å². The standard InChI is InChI=1S/C26H30F2N6/c1-16-10-25(30-15-29-16)33-13-18-5-6-19(14-33)21(18)12-24-31-26-20(4-2-3-9-34(26)32-24)17-7-8-22(27)23(28)11-17/h7-8,10-11,15,18-21H,2-6,9,12-14H2,1H3/t18-,19+,20-,21?/m0/s1. The first-order valence-electron chi connectivity index (χ1n) is 12.5. The van der Waals surface area contributed by atoms with Gasteiger partial charge >= 0.3 is 0 Å². The summed E-state index contributed by atoms with van der Waals surface area (Å²) in [4.78, 5) is 16.2. The Labute approximate surface area is 198 Å². The lowest BCUT2D eigenvalue weighted by Crippen LogP contribution is -2.43. The van der Waals surface area contributed by atoms with E-state index in [0.29, 0.717) is 17.8 Å². The summed E-state index contributed by atoms with van der Waals surface area (Å²) in [7, 11) is 0. The summed E-state index contributed by atoms with van der Waals surface area (Å²) in [5.41, 5.74) is 1.79. The molecule has 3 aliphatic rings. The minimum Gasteiger partial charge on any atom is -0.356 e. The zero-order valence-electron chi connectivity index (χ0n) is 19.5. The van der Waals surface area contributed by atoms with Gasteiger partial charge in [0.15, 0.2) is 17.5 Å². The van der Waals surface area contributed by atoms with Gasteiger partial charge in [-0.2, -0.15) is 5.10 Å². The van der Waals surface area contributed by atoms with Gasteiger partial charge in [0, 0.05) is 43.7 Å². The van der Waals surface area contributed by atoms with Crippen molar-refractivity contribution in [3.8, 4) is 0 Å². The molecule has 2 aliphatic heterocycles. The number of piperidine rings is 1. The highest BCUT2D eigenvalue weighted by atomic mass is 19.2. The van der Waals surface area contributed by atoms with E-state index in [2.05, 4.69) is 20.9 Å². The monoisotopic (exact) mass is 464 g/mol. The van der Waals surface area contributed by atoms with Gasteiger partial charge in [-0.15, -0.1) is 0 Å². The minimum atomic E-state index is -0.807. The van der Waals surface area contributed by atoms with Crippen LogP contribution in [0.15, 0.2) is 30.6 Å². The predicted octanol–water partition coefficient (Wildman–Crippen LogP) is 4.68. The molecule has 2 aromatic heterocycles. The third kappa shape index (κ3) is 3.97. The summed E-state index contributed by atoms with van der Waals surface area (Å²) < 4.78 is 29.5. The van der Waals surface area contributed by atoms with Crippen molar-refractivity contribution in [2.24, 2.45) is 17.8 Å². The van der Waals surface area contributed by atoms with Crippen LogP contribution >= 0.6 is 0 Å². The lowest BCUT2D eigenvalue weighted by Gasteiger charge is -2.38. The molecule has 0 spiro atoms. The van der Waals surface area contributed by atoms with Crippen LogP contribution in [0.5, 0.6) is 0 Å². The van der Waals surface area contributed by atoms with Gasteiger partial charge < -0.3 is 4.90 Å². The molecule has 0 radical (unpaired) electrons. The molecular formula is C26H30F2N6. The smallest absolute Gasteiger partial charge is 0.159 e. The second-order valence-corrected chi connectivity index (χ2v) is 10.2. The van der Waals surface area contributed by atoms with Gasteiger partial charge in [0.25, 0.3) is 0 Å². The number of rotatable bonds is 4. The molecule has 6 nitrogen and oxygen atoms in total. The van der Waals surface area contributed by atoms with E-state index in [1.54, 1.807) is 12.4 Å². The molecule has 1 unspecified atom stereocenters. The highest BCUT2D eigenvalue weighted by molar-refractivity contribution is 5.40. The molecule has 6 rings (SSSR count). The first-order chi connectivity index (χ1) is 16.5. The van der Waals surface area contributed by atoms with Crippen LogP contribution in [0.3, 0.4) is 0 Å². The number of anilines is 1. The second-order valence-electron chi connectivity index (χ2n) is 10.2. The molecule has 1 saturated carbocycles. The summed E-state index contributed by atoms with van der Waals surface area (Å²) in [5, 5.41) is 4.91. The molecule has 178 valence electrons. The van der Waals surface area contributed by atoms with E-state index in [4.69, 9.17) is 10.1 Å². The molecule has 2 fully saturated rings. The van der Waals surface area contributed by atoms with Gasteiger partial charge in [-0.05, 0) is 68.1 Å². The number of fused-ring (bicyclic) bond motifs is 3. The Morgan fingerprint density at radius 1 is 0.971 bits per heavy atom. The molecular weight excluding hydrogens is 434 g/mol. The molecule has 3 aromatic rings. The lowest BCUT2D eigenvalue weighted by molar-refractivity contribution is 0.264. The van der Waals surface area contributed by atoms with Crippen molar-refractivity contribution in [3.05, 3.63) is 65.1 Å². The molecule has 34 heavy (non-hydrogen) atoms. The Kier molecular flexibility index (Phi) is 5.54. The normalized spacial score (nSPS) is 26.4. The van der Waals surface area contributed by atoms with Crippen LogP contribution in [0.25, 0.3) is 0 Å². The topological polar surface area (TPSA) is 59.7 Å². The van der Waals surface area contributed by atoms with E-state index >= 15 is 0 Å². The SMILES string of the molecule is Cc1cc(N2C[C@H]3CC[C@@H](C2)C3Cc2nc3n(n2)CCCC[C@H]3c2ccc(F)c(F)c2)ncn1. The van der Waals surface area contributed by atoms with E-state index < -0.39 is 11.6 Å². The summed E-state index contributed by atoms with van der Waals surface area (Å²) >= 11 is 0. The largest absolute Gasteiger partial charge is 0.356 e.